The number of hydrogen-bond donors (Lipinski definition) is 1. The van der Waals surface area contributed by atoms with Crippen LogP contribution in [-0.4, -0.2) is 17.9 Å². The van der Waals surface area contributed by atoms with Crippen LogP contribution < -0.4 is 10.5 Å². The van der Waals surface area contributed by atoms with Gasteiger partial charge in [0.15, 0.2) is 0 Å². The van der Waals surface area contributed by atoms with E-state index >= 15 is 0 Å². The molecule has 2 rings (SSSR count). The van der Waals surface area contributed by atoms with Crippen LogP contribution >= 0.6 is 11.8 Å². The lowest BCUT2D eigenvalue weighted by Gasteiger charge is -2.28. The minimum Gasteiger partial charge on any atom is -0.487 e. The van der Waals surface area contributed by atoms with Gasteiger partial charge in [0.2, 0.25) is 0 Å². The zero-order valence-electron chi connectivity index (χ0n) is 9.27. The summed E-state index contributed by atoms with van der Waals surface area (Å²) in [4.78, 5) is 1.20. The predicted molar refractivity (Wildman–Crippen MR) is 67.6 cm³/mol. The van der Waals surface area contributed by atoms with Gasteiger partial charge in [-0.15, -0.1) is 23.6 Å². The molecule has 1 aliphatic rings. The summed E-state index contributed by atoms with van der Waals surface area (Å²) in [5.74, 6) is 7.72. The highest BCUT2D eigenvalue weighted by atomic mass is 32.2. The number of benzene rings is 1. The van der Waals surface area contributed by atoms with Crippen LogP contribution in [0.1, 0.15) is 13.3 Å². The number of hydrogen-bond acceptors (Lipinski definition) is 3. The molecule has 1 heterocycles. The van der Waals surface area contributed by atoms with E-state index in [0.29, 0.717) is 6.42 Å². The topological polar surface area (TPSA) is 35.2 Å². The monoisotopic (exact) mass is 233 g/mol. The zero-order valence-corrected chi connectivity index (χ0v) is 10.1. The van der Waals surface area contributed by atoms with Crippen LogP contribution in [0.4, 0.5) is 0 Å². The van der Waals surface area contributed by atoms with E-state index in [4.69, 9.17) is 10.5 Å². The number of ether oxygens (including phenoxy) is 1. The Hall–Kier alpha value is -1.11. The standard InChI is InChI=1S/C13H15NOS/c1-2-3-6-10(14)12-9-16-13-8-5-4-7-11(13)15-12/h4-5,7-8,10,12H,6,9,14H2,1H3. The van der Waals surface area contributed by atoms with Gasteiger partial charge in [-0.05, 0) is 19.1 Å². The third-order valence-electron chi connectivity index (χ3n) is 2.52. The molecule has 0 amide bonds. The molecule has 2 unspecified atom stereocenters. The first-order valence-corrected chi connectivity index (χ1v) is 6.33. The maximum absolute atomic E-state index is 6.05. The summed E-state index contributed by atoms with van der Waals surface area (Å²) < 4.78 is 5.88. The van der Waals surface area contributed by atoms with Crippen molar-refractivity contribution in [2.24, 2.45) is 5.73 Å². The molecular weight excluding hydrogens is 218 g/mol. The van der Waals surface area contributed by atoms with Gasteiger partial charge in [-0.25, -0.2) is 0 Å². The Balaban J connectivity index is 2.04. The summed E-state index contributed by atoms with van der Waals surface area (Å²) in [6, 6.07) is 8.07. The Morgan fingerprint density at radius 3 is 3.19 bits per heavy atom. The first-order chi connectivity index (χ1) is 7.81. The Morgan fingerprint density at radius 2 is 2.38 bits per heavy atom. The third-order valence-corrected chi connectivity index (χ3v) is 3.67. The fraction of sp³-hybridized carbons (Fsp3) is 0.385. The van der Waals surface area contributed by atoms with Gasteiger partial charge in [-0.3, -0.25) is 0 Å². The summed E-state index contributed by atoms with van der Waals surface area (Å²) >= 11 is 1.81. The lowest BCUT2D eigenvalue weighted by Crippen LogP contribution is -2.41. The van der Waals surface area contributed by atoms with Crippen LogP contribution in [0.2, 0.25) is 0 Å². The van der Waals surface area contributed by atoms with Gasteiger partial charge in [-0.2, -0.15) is 0 Å². The van der Waals surface area contributed by atoms with E-state index in [-0.39, 0.29) is 12.1 Å². The van der Waals surface area contributed by atoms with E-state index in [1.54, 1.807) is 11.8 Å². The minimum atomic E-state index is -0.00620. The van der Waals surface area contributed by atoms with Crippen LogP contribution in [0, 0.1) is 11.8 Å². The number of para-hydroxylation sites is 1. The van der Waals surface area contributed by atoms with E-state index < -0.39 is 0 Å². The largest absolute Gasteiger partial charge is 0.487 e. The fourth-order valence-corrected chi connectivity index (χ4v) is 2.69. The quantitative estimate of drug-likeness (QED) is 0.796. The van der Waals surface area contributed by atoms with E-state index in [1.165, 1.54) is 4.90 Å². The maximum atomic E-state index is 6.05. The average molecular weight is 233 g/mol. The van der Waals surface area contributed by atoms with Crippen molar-refractivity contribution in [2.75, 3.05) is 5.75 Å². The lowest BCUT2D eigenvalue weighted by atomic mass is 10.1. The highest BCUT2D eigenvalue weighted by Crippen LogP contribution is 2.35. The zero-order chi connectivity index (χ0) is 11.4. The molecule has 1 aliphatic heterocycles. The normalized spacial score (nSPS) is 20.0. The second-order valence-corrected chi connectivity index (χ2v) is 4.77. The van der Waals surface area contributed by atoms with Crippen molar-refractivity contribution in [1.29, 1.82) is 0 Å². The minimum absolute atomic E-state index is 0.00620. The molecule has 0 bridgehead atoms. The van der Waals surface area contributed by atoms with Crippen LogP contribution in [0.3, 0.4) is 0 Å². The van der Waals surface area contributed by atoms with Crippen molar-refractivity contribution in [1.82, 2.24) is 0 Å². The fourth-order valence-electron chi connectivity index (χ4n) is 1.60. The van der Waals surface area contributed by atoms with E-state index in [2.05, 4.69) is 17.9 Å². The second kappa shape index (κ2) is 5.29. The molecule has 3 heteroatoms. The molecule has 84 valence electrons. The van der Waals surface area contributed by atoms with Crippen molar-refractivity contribution in [3.8, 4) is 17.6 Å². The first kappa shape index (κ1) is 11.4. The molecule has 2 nitrogen and oxygen atoms in total. The number of rotatable bonds is 2. The Morgan fingerprint density at radius 1 is 1.56 bits per heavy atom. The van der Waals surface area contributed by atoms with E-state index in [1.807, 2.05) is 25.1 Å². The van der Waals surface area contributed by atoms with Gasteiger partial charge in [0.1, 0.15) is 11.9 Å². The van der Waals surface area contributed by atoms with Gasteiger partial charge in [0, 0.05) is 17.1 Å². The van der Waals surface area contributed by atoms with Crippen molar-refractivity contribution < 1.29 is 4.74 Å². The van der Waals surface area contributed by atoms with Crippen molar-refractivity contribution in [3.63, 3.8) is 0 Å². The molecule has 0 radical (unpaired) electrons. The first-order valence-electron chi connectivity index (χ1n) is 5.35. The average Bonchev–Trinajstić information content (AvgIpc) is 2.35. The Bertz CT molecular complexity index is 421. The molecule has 2 atom stereocenters. The summed E-state index contributed by atoms with van der Waals surface area (Å²) in [6.45, 7) is 1.83. The Labute approximate surface area is 101 Å². The predicted octanol–water partition coefficient (Wildman–Crippen LogP) is 2.28. The molecular formula is C13H15NOS. The summed E-state index contributed by atoms with van der Waals surface area (Å²) in [7, 11) is 0. The van der Waals surface area contributed by atoms with Crippen molar-refractivity contribution in [3.05, 3.63) is 24.3 Å². The number of thioether (sulfide) groups is 1. The number of fused-ring (bicyclic) bond motifs is 1. The molecule has 0 saturated heterocycles. The Kier molecular flexibility index (Phi) is 3.76. The van der Waals surface area contributed by atoms with Crippen LogP contribution in [-0.2, 0) is 0 Å². The SMILES string of the molecule is CC#CCC(N)C1CSc2ccccc2O1. The molecule has 0 aromatic heterocycles. The molecule has 1 aromatic carbocycles. The third kappa shape index (κ3) is 2.52. The highest BCUT2D eigenvalue weighted by molar-refractivity contribution is 7.99. The van der Waals surface area contributed by atoms with Crippen molar-refractivity contribution >= 4 is 11.8 Å². The maximum Gasteiger partial charge on any atom is 0.133 e. The summed E-state index contributed by atoms with van der Waals surface area (Å²) in [5.41, 5.74) is 6.05. The summed E-state index contributed by atoms with van der Waals surface area (Å²) in [5, 5.41) is 0. The second-order valence-electron chi connectivity index (χ2n) is 3.71. The van der Waals surface area contributed by atoms with Gasteiger partial charge < -0.3 is 10.5 Å². The van der Waals surface area contributed by atoms with Crippen LogP contribution in [0.5, 0.6) is 5.75 Å². The molecule has 0 spiro atoms. The number of nitrogens with two attached hydrogens (primary N) is 1. The molecule has 0 aliphatic carbocycles. The molecule has 16 heavy (non-hydrogen) atoms. The lowest BCUT2D eigenvalue weighted by molar-refractivity contribution is 0.186. The molecule has 0 saturated carbocycles. The molecule has 0 fully saturated rings. The molecule has 2 N–H and O–H groups in total. The smallest absolute Gasteiger partial charge is 0.133 e. The van der Waals surface area contributed by atoms with Gasteiger partial charge in [-0.1, -0.05) is 12.1 Å². The highest BCUT2D eigenvalue weighted by Gasteiger charge is 2.24. The van der Waals surface area contributed by atoms with Gasteiger partial charge in [0.05, 0.1) is 6.04 Å². The van der Waals surface area contributed by atoms with Crippen LogP contribution in [0.25, 0.3) is 0 Å². The summed E-state index contributed by atoms with van der Waals surface area (Å²) in [6.07, 6.45) is 0.768. The van der Waals surface area contributed by atoms with E-state index in [9.17, 15) is 0 Å². The van der Waals surface area contributed by atoms with Crippen molar-refractivity contribution in [2.45, 2.75) is 30.4 Å². The molecule has 1 aromatic rings. The van der Waals surface area contributed by atoms with E-state index in [0.717, 1.165) is 11.5 Å². The van der Waals surface area contributed by atoms with Gasteiger partial charge >= 0.3 is 0 Å². The van der Waals surface area contributed by atoms with Gasteiger partial charge in [0.25, 0.3) is 0 Å². The van der Waals surface area contributed by atoms with Crippen LogP contribution in [0.15, 0.2) is 29.2 Å².